The van der Waals surface area contributed by atoms with E-state index in [1.807, 2.05) is 16.8 Å². The Kier molecular flexibility index (Phi) is 3.42. The molecule has 0 saturated carbocycles. The van der Waals surface area contributed by atoms with E-state index in [2.05, 4.69) is 9.97 Å². The number of nitrogens with zero attached hydrogens (tertiary/aromatic N) is 3. The minimum absolute atomic E-state index is 0.315. The van der Waals surface area contributed by atoms with Gasteiger partial charge in [-0.15, -0.1) is 11.3 Å². The molecule has 0 aliphatic carbocycles. The van der Waals surface area contributed by atoms with Crippen LogP contribution in [0.4, 0.5) is 0 Å². The first-order valence-corrected chi connectivity index (χ1v) is 7.20. The highest BCUT2D eigenvalue weighted by molar-refractivity contribution is 7.12. The van der Waals surface area contributed by atoms with Gasteiger partial charge in [-0.3, -0.25) is 4.57 Å². The molecule has 0 N–H and O–H groups in total. The zero-order chi connectivity index (χ0) is 14.1. The molecule has 102 valence electrons. The zero-order valence-corrected chi connectivity index (χ0v) is 12.1. The van der Waals surface area contributed by atoms with E-state index in [4.69, 9.17) is 16.3 Å². The Bertz CT molecular complexity index is 781. The Balaban J connectivity index is 2.01. The molecule has 7 heteroatoms. The molecule has 0 aromatic carbocycles. The van der Waals surface area contributed by atoms with Crippen molar-refractivity contribution >= 4 is 39.8 Å². The smallest absolute Gasteiger partial charge is 0.357 e. The maximum Gasteiger partial charge on any atom is 0.357 e. The number of esters is 1. The van der Waals surface area contributed by atoms with Crippen LogP contribution in [0.5, 0.6) is 0 Å². The molecule has 0 spiro atoms. The van der Waals surface area contributed by atoms with Crippen molar-refractivity contribution in [1.82, 2.24) is 14.5 Å². The van der Waals surface area contributed by atoms with E-state index in [9.17, 15) is 4.79 Å². The lowest BCUT2D eigenvalue weighted by Gasteiger charge is -2.00. The van der Waals surface area contributed by atoms with Crippen molar-refractivity contribution in [3.63, 3.8) is 0 Å². The molecule has 3 aromatic heterocycles. The van der Waals surface area contributed by atoms with Crippen LogP contribution < -0.4 is 0 Å². The first-order chi connectivity index (χ1) is 9.69. The molecule has 0 atom stereocenters. The van der Waals surface area contributed by atoms with Gasteiger partial charge in [0.25, 0.3) is 0 Å². The average molecular weight is 308 g/mol. The molecule has 3 aromatic rings. The van der Waals surface area contributed by atoms with E-state index in [1.54, 1.807) is 24.6 Å². The molecule has 0 unspecified atom stereocenters. The van der Waals surface area contributed by atoms with Gasteiger partial charge in [0.05, 0.1) is 18.3 Å². The number of rotatable bonds is 3. The number of pyridine rings is 1. The van der Waals surface area contributed by atoms with E-state index >= 15 is 0 Å². The number of ether oxygens (including phenoxy) is 1. The molecular formula is C13H10ClN3O2S. The fourth-order valence-electron chi connectivity index (χ4n) is 1.85. The second-order valence-corrected chi connectivity index (χ2v) is 5.21. The standard InChI is InChI=1S/C13H10ClN3O2S/c1-2-19-12(18)9-7-20-13(16-9)17-4-3-8-5-11(14)15-6-10(8)17/h3-7H,2H2,1H3. The highest BCUT2D eigenvalue weighted by Gasteiger charge is 2.13. The molecule has 0 radical (unpaired) electrons. The summed E-state index contributed by atoms with van der Waals surface area (Å²) in [5.41, 5.74) is 1.20. The zero-order valence-electron chi connectivity index (χ0n) is 10.5. The van der Waals surface area contributed by atoms with E-state index < -0.39 is 5.97 Å². The van der Waals surface area contributed by atoms with Gasteiger partial charge in [-0.1, -0.05) is 11.6 Å². The van der Waals surface area contributed by atoms with Crippen LogP contribution in [0.25, 0.3) is 16.0 Å². The topological polar surface area (TPSA) is 57.0 Å². The van der Waals surface area contributed by atoms with Gasteiger partial charge >= 0.3 is 5.97 Å². The van der Waals surface area contributed by atoms with Crippen LogP contribution in [0, 0.1) is 0 Å². The molecule has 3 rings (SSSR count). The third-order valence-electron chi connectivity index (χ3n) is 2.73. The summed E-state index contributed by atoms with van der Waals surface area (Å²) >= 11 is 7.23. The first kappa shape index (κ1) is 13.1. The molecule has 5 nitrogen and oxygen atoms in total. The molecule has 0 bridgehead atoms. The van der Waals surface area contributed by atoms with Gasteiger partial charge < -0.3 is 4.74 Å². The van der Waals surface area contributed by atoms with Crippen molar-refractivity contribution in [3.8, 4) is 5.13 Å². The van der Waals surface area contributed by atoms with Gasteiger partial charge in [-0.2, -0.15) is 0 Å². The van der Waals surface area contributed by atoms with Crippen LogP contribution in [0.3, 0.4) is 0 Å². The second kappa shape index (κ2) is 5.22. The Morgan fingerprint density at radius 2 is 2.40 bits per heavy atom. The lowest BCUT2D eigenvalue weighted by molar-refractivity contribution is 0.0520. The van der Waals surface area contributed by atoms with E-state index in [-0.39, 0.29) is 0 Å². The maximum atomic E-state index is 11.6. The van der Waals surface area contributed by atoms with Crippen LogP contribution in [0.15, 0.2) is 29.9 Å². The summed E-state index contributed by atoms with van der Waals surface area (Å²) in [6.45, 7) is 2.10. The third kappa shape index (κ3) is 2.28. The summed E-state index contributed by atoms with van der Waals surface area (Å²) in [6.07, 6.45) is 3.56. The summed E-state index contributed by atoms with van der Waals surface area (Å²) < 4.78 is 6.80. The number of hydrogen-bond acceptors (Lipinski definition) is 5. The molecule has 20 heavy (non-hydrogen) atoms. The predicted octanol–water partition coefficient (Wildman–Crippen LogP) is 3.31. The minimum Gasteiger partial charge on any atom is -0.461 e. The Morgan fingerprint density at radius 3 is 3.20 bits per heavy atom. The number of thiazole rings is 1. The van der Waals surface area contributed by atoms with Crippen LogP contribution in [0.1, 0.15) is 17.4 Å². The molecule has 0 aliphatic heterocycles. The van der Waals surface area contributed by atoms with Crippen LogP contribution in [0.2, 0.25) is 5.15 Å². The number of carbonyl (C=O) groups excluding carboxylic acids is 1. The van der Waals surface area contributed by atoms with Crippen LogP contribution in [-0.2, 0) is 4.74 Å². The number of fused-ring (bicyclic) bond motifs is 1. The second-order valence-electron chi connectivity index (χ2n) is 3.99. The maximum absolute atomic E-state index is 11.6. The predicted molar refractivity (Wildman–Crippen MR) is 77.7 cm³/mol. The largest absolute Gasteiger partial charge is 0.461 e. The molecular weight excluding hydrogens is 298 g/mol. The van der Waals surface area contributed by atoms with Crippen LogP contribution >= 0.6 is 22.9 Å². The van der Waals surface area contributed by atoms with Crippen molar-refractivity contribution in [1.29, 1.82) is 0 Å². The summed E-state index contributed by atoms with van der Waals surface area (Å²) in [7, 11) is 0. The average Bonchev–Trinajstić information content (AvgIpc) is 3.04. The number of carbonyl (C=O) groups is 1. The third-order valence-corrected chi connectivity index (χ3v) is 3.77. The lowest BCUT2D eigenvalue weighted by Crippen LogP contribution is -2.05. The Morgan fingerprint density at radius 1 is 1.55 bits per heavy atom. The van der Waals surface area contributed by atoms with E-state index in [1.165, 1.54) is 11.3 Å². The number of aromatic nitrogens is 3. The fourth-order valence-corrected chi connectivity index (χ4v) is 2.80. The molecule has 3 heterocycles. The summed E-state index contributed by atoms with van der Waals surface area (Å²) in [5.74, 6) is -0.410. The van der Waals surface area contributed by atoms with Gasteiger partial charge in [0.15, 0.2) is 10.8 Å². The van der Waals surface area contributed by atoms with Gasteiger partial charge in [0, 0.05) is 17.0 Å². The number of halogens is 1. The van der Waals surface area contributed by atoms with Crippen molar-refractivity contribution in [2.45, 2.75) is 6.92 Å². The highest BCUT2D eigenvalue weighted by Crippen LogP contribution is 2.24. The summed E-state index contributed by atoms with van der Waals surface area (Å²) in [4.78, 5) is 20.0. The molecule has 0 amide bonds. The quantitative estimate of drug-likeness (QED) is 0.550. The Labute approximate surface area is 123 Å². The van der Waals surface area contributed by atoms with Gasteiger partial charge in [0.2, 0.25) is 0 Å². The highest BCUT2D eigenvalue weighted by atomic mass is 35.5. The van der Waals surface area contributed by atoms with E-state index in [0.717, 1.165) is 10.9 Å². The summed E-state index contributed by atoms with van der Waals surface area (Å²) in [6, 6.07) is 3.71. The lowest BCUT2D eigenvalue weighted by atomic mass is 10.3. The first-order valence-electron chi connectivity index (χ1n) is 5.94. The van der Waals surface area contributed by atoms with E-state index in [0.29, 0.717) is 22.6 Å². The Hall–Kier alpha value is -1.92. The van der Waals surface area contributed by atoms with Crippen molar-refractivity contribution in [2.75, 3.05) is 6.61 Å². The number of hydrogen-bond donors (Lipinski definition) is 0. The van der Waals surface area contributed by atoms with Gasteiger partial charge in [-0.25, -0.2) is 14.8 Å². The molecule has 0 fully saturated rings. The van der Waals surface area contributed by atoms with Crippen molar-refractivity contribution in [2.24, 2.45) is 0 Å². The fraction of sp³-hybridized carbons (Fsp3) is 0.154. The molecule has 0 saturated heterocycles. The normalized spacial score (nSPS) is 10.9. The van der Waals surface area contributed by atoms with Crippen LogP contribution in [-0.4, -0.2) is 27.1 Å². The van der Waals surface area contributed by atoms with Gasteiger partial charge in [0.1, 0.15) is 5.15 Å². The van der Waals surface area contributed by atoms with Crippen molar-refractivity contribution in [3.05, 3.63) is 40.8 Å². The SMILES string of the molecule is CCOC(=O)c1csc(-n2ccc3cc(Cl)ncc32)n1. The monoisotopic (exact) mass is 307 g/mol. The minimum atomic E-state index is -0.410. The van der Waals surface area contributed by atoms with Gasteiger partial charge in [-0.05, 0) is 19.1 Å². The molecule has 0 aliphatic rings. The summed E-state index contributed by atoms with van der Waals surface area (Å²) in [5, 5.41) is 3.79. The van der Waals surface area contributed by atoms with Crippen molar-refractivity contribution < 1.29 is 9.53 Å².